The number of ketones is 1. The van der Waals surface area contributed by atoms with E-state index in [0.717, 1.165) is 24.2 Å². The zero-order valence-electron chi connectivity index (χ0n) is 12.3. The number of benzene rings is 1. The smallest absolute Gasteiger partial charge is 0.163 e. The molecule has 1 saturated heterocycles. The van der Waals surface area contributed by atoms with Crippen LogP contribution >= 0.6 is 0 Å². The molecule has 0 aliphatic carbocycles. The lowest BCUT2D eigenvalue weighted by atomic mass is 9.83. The molecule has 1 aromatic carbocycles. The van der Waals surface area contributed by atoms with Crippen LogP contribution in [0.3, 0.4) is 0 Å². The van der Waals surface area contributed by atoms with Gasteiger partial charge in [0.05, 0.1) is 0 Å². The van der Waals surface area contributed by atoms with E-state index in [2.05, 4.69) is 24.4 Å². The van der Waals surface area contributed by atoms with E-state index in [1.807, 2.05) is 19.9 Å². The van der Waals surface area contributed by atoms with Crippen LogP contribution < -0.4 is 5.32 Å². The number of hydrogen-bond acceptors (Lipinski definition) is 2. The molecular formula is C17H25NO. The molecule has 1 aliphatic rings. The fourth-order valence-corrected chi connectivity index (χ4v) is 2.97. The molecule has 1 N–H and O–H groups in total. The zero-order chi connectivity index (χ0) is 13.8. The van der Waals surface area contributed by atoms with E-state index < -0.39 is 0 Å². The van der Waals surface area contributed by atoms with Crippen LogP contribution in [-0.2, 0) is 0 Å². The summed E-state index contributed by atoms with van der Waals surface area (Å²) in [6.07, 6.45) is 3.18. The van der Waals surface area contributed by atoms with Gasteiger partial charge in [-0.1, -0.05) is 24.6 Å². The van der Waals surface area contributed by atoms with Gasteiger partial charge in [0.2, 0.25) is 0 Å². The number of piperidine rings is 1. The van der Waals surface area contributed by atoms with Crippen LogP contribution in [-0.4, -0.2) is 18.9 Å². The van der Waals surface area contributed by atoms with E-state index >= 15 is 0 Å². The second-order valence-corrected chi connectivity index (χ2v) is 6.03. The molecule has 2 unspecified atom stereocenters. The fraction of sp³-hybridized carbons (Fsp3) is 0.588. The van der Waals surface area contributed by atoms with Gasteiger partial charge < -0.3 is 5.32 Å². The highest BCUT2D eigenvalue weighted by molar-refractivity contribution is 5.97. The first-order valence-electron chi connectivity index (χ1n) is 7.39. The summed E-state index contributed by atoms with van der Waals surface area (Å²) in [4.78, 5) is 12.5. The summed E-state index contributed by atoms with van der Waals surface area (Å²) in [6, 6.07) is 6.15. The van der Waals surface area contributed by atoms with Gasteiger partial charge in [-0.3, -0.25) is 4.79 Å². The number of Topliss-reactive ketones (excluding diaryl/α,β-unsaturated/α-hetero) is 1. The molecule has 104 valence electrons. The quantitative estimate of drug-likeness (QED) is 0.838. The molecule has 1 heterocycles. The average Bonchev–Trinajstić information content (AvgIpc) is 2.42. The van der Waals surface area contributed by atoms with Crippen molar-refractivity contribution in [2.45, 2.75) is 40.0 Å². The molecule has 2 nitrogen and oxygen atoms in total. The highest BCUT2D eigenvalue weighted by Crippen LogP contribution is 2.25. The minimum atomic E-state index is 0.305. The number of rotatable bonds is 4. The number of aryl methyl sites for hydroxylation is 2. The third kappa shape index (κ3) is 3.66. The summed E-state index contributed by atoms with van der Waals surface area (Å²) in [7, 11) is 0. The van der Waals surface area contributed by atoms with Crippen molar-refractivity contribution >= 4 is 5.78 Å². The molecule has 2 rings (SSSR count). The van der Waals surface area contributed by atoms with Crippen LogP contribution in [0, 0.1) is 25.7 Å². The maximum atomic E-state index is 12.5. The Morgan fingerprint density at radius 2 is 2.21 bits per heavy atom. The van der Waals surface area contributed by atoms with Gasteiger partial charge in [-0.2, -0.15) is 0 Å². The Bertz CT molecular complexity index is 447. The summed E-state index contributed by atoms with van der Waals surface area (Å²) in [5.41, 5.74) is 3.18. The monoisotopic (exact) mass is 259 g/mol. The van der Waals surface area contributed by atoms with Crippen LogP contribution in [0.2, 0.25) is 0 Å². The normalized spacial score (nSPS) is 21.1. The largest absolute Gasteiger partial charge is 0.316 e. The summed E-state index contributed by atoms with van der Waals surface area (Å²) in [5, 5.41) is 3.44. The van der Waals surface area contributed by atoms with Gasteiger partial charge in [0.15, 0.2) is 5.78 Å². The first-order chi connectivity index (χ1) is 9.08. The SMILES string of the molecule is Cc1ccc(C)c(C(=O)CC(C)C2CCCNC2)c1. The lowest BCUT2D eigenvalue weighted by molar-refractivity contribution is 0.0942. The van der Waals surface area contributed by atoms with Gasteiger partial charge in [0.1, 0.15) is 0 Å². The van der Waals surface area contributed by atoms with E-state index in [1.54, 1.807) is 0 Å². The summed E-state index contributed by atoms with van der Waals surface area (Å²) in [5.74, 6) is 1.43. The highest BCUT2D eigenvalue weighted by atomic mass is 16.1. The third-order valence-corrected chi connectivity index (χ3v) is 4.34. The maximum Gasteiger partial charge on any atom is 0.163 e. The van der Waals surface area contributed by atoms with Crippen molar-refractivity contribution in [1.82, 2.24) is 5.32 Å². The Balaban J connectivity index is 2.01. The van der Waals surface area contributed by atoms with Crippen LogP contribution in [0.1, 0.15) is 47.7 Å². The van der Waals surface area contributed by atoms with Crippen LogP contribution in [0.5, 0.6) is 0 Å². The molecule has 19 heavy (non-hydrogen) atoms. The Kier molecular flexibility index (Phi) is 4.76. The molecule has 0 saturated carbocycles. The van der Waals surface area contributed by atoms with E-state index in [9.17, 15) is 4.79 Å². The second-order valence-electron chi connectivity index (χ2n) is 6.03. The molecule has 2 atom stereocenters. The Morgan fingerprint density at radius 1 is 1.42 bits per heavy atom. The standard InChI is InChI=1S/C17H25NO/c1-12-6-7-13(2)16(9-12)17(19)10-14(3)15-5-4-8-18-11-15/h6-7,9,14-15,18H,4-5,8,10-11H2,1-3H3. The molecule has 0 aromatic heterocycles. The first kappa shape index (κ1) is 14.3. The molecule has 0 radical (unpaired) electrons. The van der Waals surface area contributed by atoms with Crippen molar-refractivity contribution in [3.8, 4) is 0 Å². The molecule has 0 bridgehead atoms. The lowest BCUT2D eigenvalue weighted by Crippen LogP contribution is -2.34. The zero-order valence-corrected chi connectivity index (χ0v) is 12.3. The number of carbonyl (C=O) groups excluding carboxylic acids is 1. The van der Waals surface area contributed by atoms with E-state index in [-0.39, 0.29) is 0 Å². The molecule has 1 fully saturated rings. The Labute approximate surface area is 116 Å². The van der Waals surface area contributed by atoms with Crippen molar-refractivity contribution in [2.75, 3.05) is 13.1 Å². The van der Waals surface area contributed by atoms with Crippen molar-refractivity contribution in [3.05, 3.63) is 34.9 Å². The predicted molar refractivity (Wildman–Crippen MR) is 79.6 cm³/mol. The summed E-state index contributed by atoms with van der Waals surface area (Å²) in [6.45, 7) is 8.50. The van der Waals surface area contributed by atoms with Crippen molar-refractivity contribution in [2.24, 2.45) is 11.8 Å². The van der Waals surface area contributed by atoms with Crippen molar-refractivity contribution in [3.63, 3.8) is 0 Å². The molecule has 0 amide bonds. The number of hydrogen-bond donors (Lipinski definition) is 1. The van der Waals surface area contributed by atoms with Gasteiger partial charge in [-0.15, -0.1) is 0 Å². The molecule has 1 aromatic rings. The Morgan fingerprint density at radius 3 is 2.89 bits per heavy atom. The van der Waals surface area contributed by atoms with Gasteiger partial charge in [-0.05, 0) is 63.2 Å². The minimum Gasteiger partial charge on any atom is -0.316 e. The van der Waals surface area contributed by atoms with E-state index in [4.69, 9.17) is 0 Å². The van der Waals surface area contributed by atoms with E-state index in [1.165, 1.54) is 18.4 Å². The maximum absolute atomic E-state index is 12.5. The van der Waals surface area contributed by atoms with E-state index in [0.29, 0.717) is 24.0 Å². The molecule has 2 heteroatoms. The van der Waals surface area contributed by atoms with Crippen LogP contribution in [0.25, 0.3) is 0 Å². The van der Waals surface area contributed by atoms with Crippen LogP contribution in [0.15, 0.2) is 18.2 Å². The fourth-order valence-electron chi connectivity index (χ4n) is 2.97. The van der Waals surface area contributed by atoms with Gasteiger partial charge in [0.25, 0.3) is 0 Å². The van der Waals surface area contributed by atoms with Gasteiger partial charge in [-0.25, -0.2) is 0 Å². The predicted octanol–water partition coefficient (Wildman–Crippen LogP) is 3.51. The topological polar surface area (TPSA) is 29.1 Å². The summed E-state index contributed by atoms with van der Waals surface area (Å²) < 4.78 is 0. The Hall–Kier alpha value is -1.15. The van der Waals surface area contributed by atoms with Crippen LogP contribution in [0.4, 0.5) is 0 Å². The van der Waals surface area contributed by atoms with Crippen molar-refractivity contribution < 1.29 is 4.79 Å². The number of nitrogens with one attached hydrogen (secondary N) is 1. The molecular weight excluding hydrogens is 234 g/mol. The minimum absolute atomic E-state index is 0.305. The lowest BCUT2D eigenvalue weighted by Gasteiger charge is -2.28. The summed E-state index contributed by atoms with van der Waals surface area (Å²) >= 11 is 0. The highest BCUT2D eigenvalue weighted by Gasteiger charge is 2.23. The first-order valence-corrected chi connectivity index (χ1v) is 7.39. The molecule has 1 aliphatic heterocycles. The van der Waals surface area contributed by atoms with Gasteiger partial charge in [0, 0.05) is 12.0 Å². The third-order valence-electron chi connectivity index (χ3n) is 4.34. The molecule has 0 spiro atoms. The van der Waals surface area contributed by atoms with Crippen molar-refractivity contribution in [1.29, 1.82) is 0 Å². The van der Waals surface area contributed by atoms with Gasteiger partial charge >= 0.3 is 0 Å². The number of carbonyl (C=O) groups is 1. The average molecular weight is 259 g/mol. The second kappa shape index (κ2) is 6.33.